The highest BCUT2D eigenvalue weighted by Gasteiger charge is 2.36. The van der Waals surface area contributed by atoms with Gasteiger partial charge in [-0.3, -0.25) is 9.59 Å². The summed E-state index contributed by atoms with van der Waals surface area (Å²) in [5.74, 6) is 2.10. The number of halogens is 1. The summed E-state index contributed by atoms with van der Waals surface area (Å²) in [4.78, 5) is 32.2. The minimum Gasteiger partial charge on any atom is -0.493 e. The number of amides is 2. The second-order valence-electron chi connectivity index (χ2n) is 12.8. The molecule has 1 aliphatic heterocycles. The molecular formula is C38H48ClN3O4. The molecule has 0 saturated heterocycles. The fraction of sp³-hybridized carbons (Fsp3) is 0.474. The molecule has 0 N–H and O–H groups in total. The van der Waals surface area contributed by atoms with E-state index in [-0.39, 0.29) is 30.4 Å². The van der Waals surface area contributed by atoms with Gasteiger partial charge >= 0.3 is 0 Å². The normalized spacial score (nSPS) is 20.1. The number of fused-ring (bicyclic) bond motifs is 1. The van der Waals surface area contributed by atoms with Gasteiger partial charge in [-0.2, -0.15) is 0 Å². The van der Waals surface area contributed by atoms with E-state index >= 15 is 0 Å². The molecule has 3 aromatic carbocycles. The molecule has 7 nitrogen and oxygen atoms in total. The Morgan fingerprint density at radius 3 is 2.26 bits per heavy atom. The van der Waals surface area contributed by atoms with Crippen molar-refractivity contribution in [2.24, 2.45) is 5.92 Å². The fourth-order valence-corrected chi connectivity index (χ4v) is 7.24. The molecule has 2 aliphatic rings. The highest BCUT2D eigenvalue weighted by molar-refractivity contribution is 6.30. The van der Waals surface area contributed by atoms with Crippen LogP contribution in [-0.4, -0.2) is 56.1 Å². The number of methoxy groups -OCH3 is 1. The van der Waals surface area contributed by atoms with Gasteiger partial charge in [-0.1, -0.05) is 30.7 Å². The van der Waals surface area contributed by atoms with Gasteiger partial charge < -0.3 is 24.2 Å². The predicted octanol–water partition coefficient (Wildman–Crippen LogP) is 8.07. The lowest BCUT2D eigenvalue weighted by atomic mass is 9.85. The molecule has 1 saturated carbocycles. The van der Waals surface area contributed by atoms with E-state index in [1.807, 2.05) is 53.1 Å². The molecule has 1 unspecified atom stereocenters. The molecule has 46 heavy (non-hydrogen) atoms. The summed E-state index contributed by atoms with van der Waals surface area (Å²) in [6.45, 7) is 9.62. The topological polar surface area (TPSA) is 62.3 Å². The molecule has 246 valence electrons. The fourth-order valence-electron chi connectivity index (χ4n) is 7.11. The monoisotopic (exact) mass is 645 g/mol. The van der Waals surface area contributed by atoms with Crippen molar-refractivity contribution < 1.29 is 19.1 Å². The number of nitrogens with zero attached hydrogens (tertiary/aromatic N) is 3. The van der Waals surface area contributed by atoms with Crippen LogP contribution in [0, 0.1) is 5.92 Å². The van der Waals surface area contributed by atoms with E-state index in [1.165, 1.54) is 0 Å². The minimum atomic E-state index is -0.352. The molecule has 0 spiro atoms. The van der Waals surface area contributed by atoms with Gasteiger partial charge in [-0.15, -0.1) is 0 Å². The lowest BCUT2D eigenvalue weighted by Crippen LogP contribution is -2.42. The Morgan fingerprint density at radius 2 is 1.67 bits per heavy atom. The van der Waals surface area contributed by atoms with Crippen molar-refractivity contribution in [1.29, 1.82) is 0 Å². The molecular weight excluding hydrogens is 598 g/mol. The zero-order valence-electron chi connectivity index (χ0n) is 28.1. The van der Waals surface area contributed by atoms with E-state index in [2.05, 4.69) is 50.1 Å². The second kappa shape index (κ2) is 14.8. The lowest BCUT2D eigenvalue weighted by Gasteiger charge is -2.38. The Balaban J connectivity index is 1.39. The minimum absolute atomic E-state index is 0.0217. The second-order valence-corrected chi connectivity index (χ2v) is 13.2. The maximum absolute atomic E-state index is 13.9. The van der Waals surface area contributed by atoms with Crippen LogP contribution in [0.15, 0.2) is 60.7 Å². The average Bonchev–Trinajstić information content (AvgIpc) is 3.05. The van der Waals surface area contributed by atoms with Crippen molar-refractivity contribution >= 4 is 34.8 Å². The first-order chi connectivity index (χ1) is 22.1. The van der Waals surface area contributed by atoms with Crippen LogP contribution in [0.5, 0.6) is 11.5 Å². The summed E-state index contributed by atoms with van der Waals surface area (Å²) in [6.07, 6.45) is 5.52. The van der Waals surface area contributed by atoms with Crippen LogP contribution >= 0.6 is 11.6 Å². The Hall–Kier alpha value is -3.71. The van der Waals surface area contributed by atoms with Gasteiger partial charge in [0, 0.05) is 49.5 Å². The van der Waals surface area contributed by atoms with Crippen molar-refractivity contribution in [3.8, 4) is 11.5 Å². The third-order valence-corrected chi connectivity index (χ3v) is 10.0. The number of carbonyl (C=O) groups is 2. The molecule has 8 heteroatoms. The number of anilines is 2. The molecule has 2 amide bonds. The molecule has 1 fully saturated rings. The molecule has 5 rings (SSSR count). The Kier molecular flexibility index (Phi) is 10.8. The van der Waals surface area contributed by atoms with Gasteiger partial charge in [0.05, 0.1) is 25.7 Å². The molecule has 0 bridgehead atoms. The standard InChI is InChI=1S/C38H48ClN3O4/c1-7-25(3)46-36-23-34-29(21-35(36)45-6)22-37(44)42(38(34)28-11-13-30(39)14-12-28)33-19-17-31(18-20-33)40(5)24-27-9-15-32(16-10-27)41(8-2)26(4)43/h11-14,17-21,23,25,27,32,38H,7-10,15-16,22,24H2,1-6H3/t25-,27?,32?,38?/m1/s1. The van der Waals surface area contributed by atoms with Crippen LogP contribution in [0.2, 0.25) is 5.02 Å². The molecule has 0 aromatic heterocycles. The number of hydrogen-bond acceptors (Lipinski definition) is 5. The van der Waals surface area contributed by atoms with Crippen LogP contribution in [0.25, 0.3) is 0 Å². The van der Waals surface area contributed by atoms with Gasteiger partial charge in [0.2, 0.25) is 11.8 Å². The number of carbonyl (C=O) groups excluding carboxylic acids is 2. The third-order valence-electron chi connectivity index (χ3n) is 9.78. The number of hydrogen-bond donors (Lipinski definition) is 0. The van der Waals surface area contributed by atoms with E-state index in [9.17, 15) is 9.59 Å². The van der Waals surface area contributed by atoms with E-state index < -0.39 is 0 Å². The summed E-state index contributed by atoms with van der Waals surface area (Å²) in [6, 6.07) is 20.1. The average molecular weight is 646 g/mol. The van der Waals surface area contributed by atoms with Gasteiger partial charge in [0.25, 0.3) is 0 Å². The first kappa shape index (κ1) is 33.6. The van der Waals surface area contributed by atoms with Gasteiger partial charge in [-0.05, 0) is 117 Å². The van der Waals surface area contributed by atoms with E-state index in [4.69, 9.17) is 21.1 Å². The van der Waals surface area contributed by atoms with E-state index in [0.29, 0.717) is 28.5 Å². The Morgan fingerprint density at radius 1 is 1.00 bits per heavy atom. The molecule has 1 aliphatic carbocycles. The first-order valence-corrected chi connectivity index (χ1v) is 17.0. The largest absolute Gasteiger partial charge is 0.493 e. The number of rotatable bonds is 11. The Bertz CT molecular complexity index is 1500. The number of benzene rings is 3. The van der Waals surface area contributed by atoms with Gasteiger partial charge in [0.15, 0.2) is 11.5 Å². The quantitative estimate of drug-likeness (QED) is 0.211. The highest BCUT2D eigenvalue weighted by atomic mass is 35.5. The van der Waals surface area contributed by atoms with Crippen LogP contribution in [0.4, 0.5) is 11.4 Å². The van der Waals surface area contributed by atoms with Crippen LogP contribution in [-0.2, 0) is 16.0 Å². The molecule has 2 atom stereocenters. The number of ether oxygens (including phenoxy) is 2. The molecule has 0 radical (unpaired) electrons. The highest BCUT2D eigenvalue weighted by Crippen LogP contribution is 2.44. The zero-order valence-corrected chi connectivity index (χ0v) is 28.8. The summed E-state index contributed by atoms with van der Waals surface area (Å²) < 4.78 is 12.0. The van der Waals surface area contributed by atoms with Crippen molar-refractivity contribution in [1.82, 2.24) is 4.90 Å². The van der Waals surface area contributed by atoms with Crippen molar-refractivity contribution in [2.45, 2.75) is 84.4 Å². The summed E-state index contributed by atoms with van der Waals surface area (Å²) in [5.41, 5.74) is 4.89. The first-order valence-electron chi connectivity index (χ1n) is 16.7. The molecule has 1 heterocycles. The van der Waals surface area contributed by atoms with Crippen molar-refractivity contribution in [3.63, 3.8) is 0 Å². The smallest absolute Gasteiger partial charge is 0.232 e. The zero-order chi connectivity index (χ0) is 33.0. The van der Waals surface area contributed by atoms with Crippen LogP contribution in [0.3, 0.4) is 0 Å². The SMILES string of the molecule is CC[C@@H](C)Oc1cc2c(cc1OC)CC(=O)N(c1ccc(N(C)CC3CCC(N(CC)C(C)=O)CC3)cc1)C2c1ccc(Cl)cc1. The van der Waals surface area contributed by atoms with E-state index in [0.717, 1.165) is 73.3 Å². The summed E-state index contributed by atoms with van der Waals surface area (Å²) in [7, 11) is 3.77. The van der Waals surface area contributed by atoms with Crippen LogP contribution in [0.1, 0.15) is 82.5 Å². The lowest BCUT2D eigenvalue weighted by molar-refractivity contribution is -0.131. The van der Waals surface area contributed by atoms with Gasteiger partial charge in [-0.25, -0.2) is 0 Å². The van der Waals surface area contributed by atoms with Crippen molar-refractivity contribution in [2.75, 3.05) is 37.0 Å². The van der Waals surface area contributed by atoms with Crippen molar-refractivity contribution in [3.05, 3.63) is 82.4 Å². The maximum Gasteiger partial charge on any atom is 0.232 e. The molecule has 3 aromatic rings. The summed E-state index contributed by atoms with van der Waals surface area (Å²) in [5, 5.41) is 0.649. The van der Waals surface area contributed by atoms with Gasteiger partial charge in [0.1, 0.15) is 0 Å². The van der Waals surface area contributed by atoms with Crippen LogP contribution < -0.4 is 19.3 Å². The maximum atomic E-state index is 13.9. The third kappa shape index (κ3) is 7.30. The van der Waals surface area contributed by atoms with E-state index in [1.54, 1.807) is 14.0 Å². The predicted molar refractivity (Wildman–Crippen MR) is 186 cm³/mol. The Labute approximate surface area is 279 Å². The summed E-state index contributed by atoms with van der Waals surface area (Å²) >= 11 is 6.29.